The summed E-state index contributed by atoms with van der Waals surface area (Å²) in [6.07, 6.45) is 0. The lowest BCUT2D eigenvalue weighted by molar-refractivity contribution is 0.550. The fourth-order valence-corrected chi connectivity index (χ4v) is 2.74. The highest BCUT2D eigenvalue weighted by Gasteiger charge is 2.19. The largest absolute Gasteiger partial charge is 0.450 e. The van der Waals surface area contributed by atoms with Gasteiger partial charge in [-0.2, -0.15) is 0 Å². The molecule has 0 aliphatic rings. The lowest BCUT2D eigenvalue weighted by Gasteiger charge is -2.04. The second-order valence-corrected chi connectivity index (χ2v) is 6.51. The van der Waals surface area contributed by atoms with Crippen molar-refractivity contribution in [2.45, 2.75) is 17.8 Å². The van der Waals surface area contributed by atoms with Crippen molar-refractivity contribution >= 4 is 44.5 Å². The molecule has 2 aromatic carbocycles. The van der Waals surface area contributed by atoms with Crippen LogP contribution >= 0.6 is 22.6 Å². The highest BCUT2D eigenvalue weighted by Crippen LogP contribution is 2.36. The smallest absolute Gasteiger partial charge is 0.171 e. The number of benzene rings is 2. The van der Waals surface area contributed by atoms with E-state index < -0.39 is 11.6 Å². The van der Waals surface area contributed by atoms with Crippen LogP contribution in [0.15, 0.2) is 28.7 Å². The Morgan fingerprint density at radius 2 is 1.58 bits per heavy atom. The van der Waals surface area contributed by atoms with E-state index in [1.807, 2.05) is 6.92 Å². The van der Waals surface area contributed by atoms with Crippen LogP contribution in [0.5, 0.6) is 0 Å². The van der Waals surface area contributed by atoms with E-state index in [0.717, 1.165) is 0 Å². The van der Waals surface area contributed by atoms with Gasteiger partial charge in [0, 0.05) is 20.3 Å². The molecule has 98 valence electrons. The minimum atomic E-state index is -0.419. The van der Waals surface area contributed by atoms with Crippen molar-refractivity contribution < 1.29 is 13.2 Å². The van der Waals surface area contributed by atoms with E-state index in [1.165, 1.54) is 0 Å². The van der Waals surface area contributed by atoms with Gasteiger partial charge in [-0.1, -0.05) is 40.8 Å². The number of furan rings is 1. The molecule has 0 aliphatic carbocycles. The summed E-state index contributed by atoms with van der Waals surface area (Å²) in [5.41, 5.74) is 1.34. The number of hydrogen-bond acceptors (Lipinski definition) is 1. The molecule has 0 saturated heterocycles. The standard InChI is InChI=1S/C15H11F2IO/c1-7-3-4-10-11-6-5-9(8(2)18)13(17)15(11)19-14(10)12(7)16/h3-6,8H,1-2H3. The average Bonchev–Trinajstić information content (AvgIpc) is 2.74. The van der Waals surface area contributed by atoms with Crippen LogP contribution in [-0.2, 0) is 0 Å². The zero-order valence-corrected chi connectivity index (χ0v) is 12.6. The summed E-state index contributed by atoms with van der Waals surface area (Å²) in [6, 6.07) is 6.98. The van der Waals surface area contributed by atoms with Crippen LogP contribution in [0.3, 0.4) is 0 Å². The van der Waals surface area contributed by atoms with Crippen LogP contribution < -0.4 is 0 Å². The fraction of sp³-hybridized carbons (Fsp3) is 0.200. The Labute approximate surface area is 122 Å². The predicted molar refractivity (Wildman–Crippen MR) is 80.8 cm³/mol. The van der Waals surface area contributed by atoms with Crippen LogP contribution in [0.1, 0.15) is 22.0 Å². The first-order valence-corrected chi connectivity index (χ1v) is 7.19. The number of aryl methyl sites for hydroxylation is 1. The van der Waals surface area contributed by atoms with Gasteiger partial charge in [0.05, 0.1) is 0 Å². The van der Waals surface area contributed by atoms with Crippen LogP contribution in [0.2, 0.25) is 0 Å². The minimum absolute atomic E-state index is 0.0294. The first kappa shape index (κ1) is 12.8. The molecule has 0 amide bonds. The zero-order valence-electron chi connectivity index (χ0n) is 10.4. The van der Waals surface area contributed by atoms with Crippen molar-refractivity contribution in [3.8, 4) is 0 Å². The molecule has 0 radical (unpaired) electrons. The van der Waals surface area contributed by atoms with Crippen molar-refractivity contribution in [2.75, 3.05) is 0 Å². The van der Waals surface area contributed by atoms with Gasteiger partial charge in [-0.3, -0.25) is 0 Å². The highest BCUT2D eigenvalue weighted by atomic mass is 127. The number of halogens is 3. The molecule has 1 nitrogen and oxygen atoms in total. The number of fused-ring (bicyclic) bond motifs is 3. The van der Waals surface area contributed by atoms with Crippen LogP contribution in [0.4, 0.5) is 8.78 Å². The average molecular weight is 372 g/mol. The van der Waals surface area contributed by atoms with E-state index in [0.29, 0.717) is 21.9 Å². The van der Waals surface area contributed by atoms with Gasteiger partial charge in [0.2, 0.25) is 0 Å². The van der Waals surface area contributed by atoms with E-state index in [1.54, 1.807) is 31.2 Å². The molecule has 0 N–H and O–H groups in total. The Hall–Kier alpha value is -1.17. The molecule has 0 aliphatic heterocycles. The van der Waals surface area contributed by atoms with Gasteiger partial charge in [-0.25, -0.2) is 8.78 Å². The Bertz CT molecular complexity index is 790. The Balaban J connectivity index is 2.46. The Kier molecular flexibility index (Phi) is 3.00. The second-order valence-electron chi connectivity index (χ2n) is 4.64. The summed E-state index contributed by atoms with van der Waals surface area (Å²) < 4.78 is 33.8. The van der Waals surface area contributed by atoms with Crippen molar-refractivity contribution in [3.63, 3.8) is 0 Å². The molecule has 0 fully saturated rings. The third kappa shape index (κ3) is 1.84. The van der Waals surface area contributed by atoms with Gasteiger partial charge >= 0.3 is 0 Å². The van der Waals surface area contributed by atoms with Gasteiger partial charge in [-0.05, 0) is 25.5 Å². The van der Waals surface area contributed by atoms with E-state index in [2.05, 4.69) is 22.6 Å². The van der Waals surface area contributed by atoms with E-state index in [4.69, 9.17) is 4.42 Å². The van der Waals surface area contributed by atoms with Crippen molar-refractivity contribution in [2.24, 2.45) is 0 Å². The maximum Gasteiger partial charge on any atom is 0.171 e. The van der Waals surface area contributed by atoms with Crippen LogP contribution in [0, 0.1) is 18.6 Å². The SMILES string of the molecule is Cc1ccc2c(oc3c(F)c(C(C)I)ccc32)c1F. The molecular weight excluding hydrogens is 361 g/mol. The van der Waals surface area contributed by atoms with E-state index >= 15 is 0 Å². The van der Waals surface area contributed by atoms with Crippen LogP contribution in [-0.4, -0.2) is 0 Å². The number of hydrogen-bond donors (Lipinski definition) is 0. The summed E-state index contributed by atoms with van der Waals surface area (Å²) in [4.78, 5) is 0. The third-order valence-electron chi connectivity index (χ3n) is 3.34. The molecule has 19 heavy (non-hydrogen) atoms. The van der Waals surface area contributed by atoms with Gasteiger partial charge in [0.1, 0.15) is 0 Å². The molecule has 0 saturated carbocycles. The lowest BCUT2D eigenvalue weighted by atomic mass is 10.1. The quantitative estimate of drug-likeness (QED) is 0.396. The fourth-order valence-electron chi connectivity index (χ4n) is 2.26. The highest BCUT2D eigenvalue weighted by molar-refractivity contribution is 14.1. The minimum Gasteiger partial charge on any atom is -0.450 e. The zero-order chi connectivity index (χ0) is 13.7. The molecule has 0 spiro atoms. The maximum absolute atomic E-state index is 14.4. The molecule has 1 atom stereocenters. The molecule has 0 bridgehead atoms. The normalized spacial score (nSPS) is 13.3. The summed E-state index contributed by atoms with van der Waals surface area (Å²) in [5, 5.41) is 1.23. The van der Waals surface area contributed by atoms with Crippen molar-refractivity contribution in [1.82, 2.24) is 0 Å². The third-order valence-corrected chi connectivity index (χ3v) is 4.01. The molecule has 1 heterocycles. The van der Waals surface area contributed by atoms with Gasteiger partial charge in [0.25, 0.3) is 0 Å². The van der Waals surface area contributed by atoms with Crippen molar-refractivity contribution in [3.05, 3.63) is 47.0 Å². The van der Waals surface area contributed by atoms with Gasteiger partial charge < -0.3 is 4.42 Å². The number of rotatable bonds is 1. The Morgan fingerprint density at radius 3 is 2.21 bits per heavy atom. The summed E-state index contributed by atoms with van der Waals surface area (Å²) in [7, 11) is 0. The van der Waals surface area contributed by atoms with E-state index in [-0.39, 0.29) is 15.1 Å². The first-order valence-electron chi connectivity index (χ1n) is 5.94. The maximum atomic E-state index is 14.4. The first-order chi connectivity index (χ1) is 9.00. The lowest BCUT2D eigenvalue weighted by Crippen LogP contribution is -1.89. The topological polar surface area (TPSA) is 13.1 Å². The molecule has 1 aromatic heterocycles. The molecule has 3 aromatic rings. The Morgan fingerprint density at radius 1 is 1.00 bits per heavy atom. The van der Waals surface area contributed by atoms with Gasteiger partial charge in [0.15, 0.2) is 22.8 Å². The number of alkyl halides is 1. The van der Waals surface area contributed by atoms with E-state index in [9.17, 15) is 8.78 Å². The molecule has 3 rings (SSSR count). The predicted octanol–water partition coefficient (Wildman–Crippen LogP) is 5.67. The summed E-state index contributed by atoms with van der Waals surface area (Å²) >= 11 is 2.14. The van der Waals surface area contributed by atoms with Crippen LogP contribution in [0.25, 0.3) is 21.9 Å². The van der Waals surface area contributed by atoms with Crippen molar-refractivity contribution in [1.29, 1.82) is 0 Å². The van der Waals surface area contributed by atoms with Gasteiger partial charge in [-0.15, -0.1) is 0 Å². The summed E-state index contributed by atoms with van der Waals surface area (Å²) in [6.45, 7) is 3.56. The second kappa shape index (κ2) is 4.44. The summed E-state index contributed by atoms with van der Waals surface area (Å²) in [5.74, 6) is -0.815. The molecule has 1 unspecified atom stereocenters. The molecular formula is C15H11F2IO. The monoisotopic (exact) mass is 372 g/mol. The molecule has 4 heteroatoms.